The smallest absolute Gasteiger partial charge is 0.349 e. The lowest BCUT2D eigenvalue weighted by Gasteiger charge is -2.03. The van der Waals surface area contributed by atoms with E-state index in [9.17, 15) is 4.79 Å². The van der Waals surface area contributed by atoms with Crippen LogP contribution < -0.4 is 5.32 Å². The van der Waals surface area contributed by atoms with Gasteiger partial charge in [0, 0.05) is 28.7 Å². The van der Waals surface area contributed by atoms with Crippen LogP contribution in [0.3, 0.4) is 0 Å². The van der Waals surface area contributed by atoms with Gasteiger partial charge in [-0.1, -0.05) is 23.2 Å². The molecule has 0 atom stereocenters. The lowest BCUT2D eigenvalue weighted by molar-refractivity contribution is 0.0532. The van der Waals surface area contributed by atoms with Crippen LogP contribution in [0.25, 0.3) is 10.9 Å². The number of aromatic nitrogens is 2. The van der Waals surface area contributed by atoms with Crippen molar-refractivity contribution >= 4 is 51.4 Å². The normalized spacial score (nSPS) is 11.2. The Morgan fingerprint density at radius 1 is 1.40 bits per heavy atom. The minimum Gasteiger partial charge on any atom is -0.462 e. The van der Waals surface area contributed by atoms with Gasteiger partial charge in [0.2, 0.25) is 0 Å². The Hall–Kier alpha value is -1.60. The van der Waals surface area contributed by atoms with Crippen molar-refractivity contribution in [3.8, 4) is 0 Å². The number of nitrogens with one attached hydrogen (secondary N) is 2. The molecule has 0 aliphatic carbocycles. The maximum atomic E-state index is 11.6. The molecule has 2 N–H and O–H groups in total. The van der Waals surface area contributed by atoms with E-state index in [-0.39, 0.29) is 5.97 Å². The second-order valence-electron chi connectivity index (χ2n) is 5.39. The third-order valence-electron chi connectivity index (χ3n) is 3.66. The summed E-state index contributed by atoms with van der Waals surface area (Å²) in [6.45, 7) is 3.52. The molecule has 3 aromatic rings. The van der Waals surface area contributed by atoms with Gasteiger partial charge < -0.3 is 15.0 Å². The Morgan fingerprint density at radius 3 is 3.04 bits per heavy atom. The number of halogens is 2. The fourth-order valence-corrected chi connectivity index (χ4v) is 3.95. The standard InChI is InChI=1S/C17H17Cl2N3O2S/c1-2-24-17(23)14-8-22-15(25-14)9-20-4-3-10-7-21-13-6-11(18)5-12(19)16(10)13/h5-8,20-21H,2-4,9H2,1H3. The fraction of sp³-hybridized carbons (Fsp3) is 0.294. The molecule has 8 heteroatoms. The van der Waals surface area contributed by atoms with Crippen LogP contribution in [-0.4, -0.2) is 29.1 Å². The van der Waals surface area contributed by atoms with Gasteiger partial charge in [0.1, 0.15) is 9.88 Å². The Morgan fingerprint density at radius 2 is 2.24 bits per heavy atom. The quantitative estimate of drug-likeness (QED) is 0.456. The maximum absolute atomic E-state index is 11.6. The van der Waals surface area contributed by atoms with Crippen LogP contribution in [0.15, 0.2) is 24.5 Å². The van der Waals surface area contributed by atoms with Crippen molar-refractivity contribution in [1.82, 2.24) is 15.3 Å². The first-order valence-electron chi connectivity index (χ1n) is 7.86. The Kier molecular flexibility index (Phi) is 5.96. The highest BCUT2D eigenvalue weighted by atomic mass is 35.5. The number of rotatable bonds is 7. The molecule has 25 heavy (non-hydrogen) atoms. The summed E-state index contributed by atoms with van der Waals surface area (Å²) < 4.78 is 4.96. The predicted octanol–water partition coefficient (Wildman–Crippen LogP) is 4.44. The monoisotopic (exact) mass is 397 g/mol. The highest BCUT2D eigenvalue weighted by molar-refractivity contribution is 7.13. The van der Waals surface area contributed by atoms with E-state index in [1.807, 2.05) is 12.3 Å². The highest BCUT2D eigenvalue weighted by Crippen LogP contribution is 2.30. The molecular weight excluding hydrogens is 381 g/mol. The highest BCUT2D eigenvalue weighted by Gasteiger charge is 2.12. The molecule has 0 amide bonds. The van der Waals surface area contributed by atoms with Crippen LogP contribution in [-0.2, 0) is 17.7 Å². The van der Waals surface area contributed by atoms with Gasteiger partial charge in [-0.3, -0.25) is 0 Å². The van der Waals surface area contributed by atoms with Gasteiger partial charge in [-0.25, -0.2) is 9.78 Å². The summed E-state index contributed by atoms with van der Waals surface area (Å²) in [7, 11) is 0. The molecular formula is C17H17Cl2N3O2S. The average Bonchev–Trinajstić information content (AvgIpc) is 3.19. The molecule has 0 fully saturated rings. The van der Waals surface area contributed by atoms with Crippen molar-refractivity contribution in [1.29, 1.82) is 0 Å². The Labute approximate surface area is 159 Å². The van der Waals surface area contributed by atoms with Gasteiger partial charge >= 0.3 is 5.97 Å². The van der Waals surface area contributed by atoms with E-state index in [4.69, 9.17) is 27.9 Å². The van der Waals surface area contributed by atoms with Crippen molar-refractivity contribution in [3.63, 3.8) is 0 Å². The third kappa shape index (κ3) is 4.33. The molecule has 0 saturated heterocycles. The lowest BCUT2D eigenvalue weighted by Crippen LogP contribution is -2.16. The third-order valence-corrected chi connectivity index (χ3v) is 5.15. The number of carbonyl (C=O) groups excluding carboxylic acids is 1. The Bertz CT molecular complexity index is 891. The predicted molar refractivity (Wildman–Crippen MR) is 102 cm³/mol. The molecule has 0 bridgehead atoms. The first-order chi connectivity index (χ1) is 12.1. The Balaban J connectivity index is 1.55. The number of fused-ring (bicyclic) bond motifs is 1. The van der Waals surface area contributed by atoms with E-state index in [0.29, 0.717) is 28.1 Å². The lowest BCUT2D eigenvalue weighted by atomic mass is 10.1. The number of hydrogen-bond donors (Lipinski definition) is 2. The molecule has 3 rings (SSSR count). The number of hydrogen-bond acceptors (Lipinski definition) is 5. The van der Waals surface area contributed by atoms with Crippen molar-refractivity contribution in [2.24, 2.45) is 0 Å². The van der Waals surface area contributed by atoms with Crippen molar-refractivity contribution in [2.45, 2.75) is 19.9 Å². The molecule has 0 saturated carbocycles. The van der Waals surface area contributed by atoms with E-state index in [2.05, 4.69) is 15.3 Å². The van der Waals surface area contributed by atoms with Gasteiger partial charge in [0.15, 0.2) is 0 Å². The number of carbonyl (C=O) groups is 1. The molecule has 132 valence electrons. The van der Waals surface area contributed by atoms with Crippen LogP contribution >= 0.6 is 34.5 Å². The summed E-state index contributed by atoms with van der Waals surface area (Å²) in [5.74, 6) is -0.321. The summed E-state index contributed by atoms with van der Waals surface area (Å²) in [5.41, 5.74) is 2.07. The largest absolute Gasteiger partial charge is 0.462 e. The zero-order chi connectivity index (χ0) is 17.8. The van der Waals surface area contributed by atoms with Gasteiger partial charge in [-0.15, -0.1) is 11.3 Å². The zero-order valence-corrected chi connectivity index (χ0v) is 15.9. The van der Waals surface area contributed by atoms with Crippen molar-refractivity contribution in [3.05, 3.63) is 50.0 Å². The van der Waals surface area contributed by atoms with Crippen molar-refractivity contribution in [2.75, 3.05) is 13.2 Å². The van der Waals surface area contributed by atoms with E-state index in [1.54, 1.807) is 19.2 Å². The van der Waals surface area contributed by atoms with Crippen molar-refractivity contribution < 1.29 is 9.53 Å². The summed E-state index contributed by atoms with van der Waals surface area (Å²) >= 11 is 13.7. The molecule has 0 radical (unpaired) electrons. The molecule has 1 aromatic carbocycles. The van der Waals surface area contributed by atoms with Gasteiger partial charge in [-0.2, -0.15) is 0 Å². The summed E-state index contributed by atoms with van der Waals surface area (Å²) in [6.07, 6.45) is 4.33. The molecule has 0 spiro atoms. The van der Waals surface area contributed by atoms with E-state index < -0.39 is 0 Å². The summed E-state index contributed by atoms with van der Waals surface area (Å²) in [5, 5.41) is 6.46. The van der Waals surface area contributed by atoms with E-state index in [0.717, 1.165) is 34.4 Å². The molecule has 2 heterocycles. The second kappa shape index (κ2) is 8.19. The number of aromatic amines is 1. The van der Waals surface area contributed by atoms with Crippen LogP contribution in [0.5, 0.6) is 0 Å². The van der Waals surface area contributed by atoms with Crippen LogP contribution in [0, 0.1) is 0 Å². The van der Waals surface area contributed by atoms with Crippen LogP contribution in [0.4, 0.5) is 0 Å². The number of nitrogens with zero attached hydrogens (tertiary/aromatic N) is 1. The summed E-state index contributed by atoms with van der Waals surface area (Å²) in [6, 6.07) is 3.62. The first kappa shape index (κ1) is 18.2. The number of ether oxygens (including phenoxy) is 1. The minimum absolute atomic E-state index is 0.321. The molecule has 2 aromatic heterocycles. The average molecular weight is 398 g/mol. The van der Waals surface area contributed by atoms with Gasteiger partial charge in [0.05, 0.1) is 17.8 Å². The topological polar surface area (TPSA) is 67.0 Å². The van der Waals surface area contributed by atoms with Gasteiger partial charge in [-0.05, 0) is 37.6 Å². The molecule has 5 nitrogen and oxygen atoms in total. The van der Waals surface area contributed by atoms with Crippen LogP contribution in [0.1, 0.15) is 27.2 Å². The maximum Gasteiger partial charge on any atom is 0.349 e. The molecule has 0 unspecified atom stereocenters. The molecule has 0 aliphatic heterocycles. The minimum atomic E-state index is -0.321. The number of thiazole rings is 1. The van der Waals surface area contributed by atoms with Gasteiger partial charge in [0.25, 0.3) is 0 Å². The van der Waals surface area contributed by atoms with E-state index in [1.165, 1.54) is 11.3 Å². The SMILES string of the molecule is CCOC(=O)c1cnc(CNCCc2c[nH]c3cc(Cl)cc(Cl)c23)s1. The number of benzene rings is 1. The molecule has 0 aliphatic rings. The number of H-pyrrole nitrogens is 1. The summed E-state index contributed by atoms with van der Waals surface area (Å²) in [4.78, 5) is 19.6. The van der Waals surface area contributed by atoms with E-state index >= 15 is 0 Å². The zero-order valence-electron chi connectivity index (χ0n) is 13.6. The first-order valence-corrected chi connectivity index (χ1v) is 9.43. The van der Waals surface area contributed by atoms with Crippen LogP contribution in [0.2, 0.25) is 10.0 Å². The number of esters is 1. The fourth-order valence-electron chi connectivity index (χ4n) is 2.55. The second-order valence-corrected chi connectivity index (χ2v) is 7.35.